The fourth-order valence-corrected chi connectivity index (χ4v) is 3.09. The van der Waals surface area contributed by atoms with Gasteiger partial charge in [0.25, 0.3) is 5.89 Å². The molecule has 2 aromatic heterocycles. The van der Waals surface area contributed by atoms with Crippen molar-refractivity contribution in [3.63, 3.8) is 0 Å². The first kappa shape index (κ1) is 17.5. The Balaban J connectivity index is 1.44. The van der Waals surface area contributed by atoms with Crippen molar-refractivity contribution in [1.82, 2.24) is 15.2 Å². The van der Waals surface area contributed by atoms with Crippen molar-refractivity contribution >= 4 is 23.4 Å². The number of hydrogen-bond acceptors (Lipinski definition) is 7. The van der Waals surface area contributed by atoms with E-state index in [1.165, 1.54) is 0 Å². The summed E-state index contributed by atoms with van der Waals surface area (Å²) >= 11 is 5.87. The molecule has 0 spiro atoms. The maximum absolute atomic E-state index is 12.5. The van der Waals surface area contributed by atoms with Crippen molar-refractivity contribution in [2.24, 2.45) is 0 Å². The molecule has 0 aliphatic carbocycles. The molecule has 8 heteroatoms. The average Bonchev–Trinajstić information content (AvgIpc) is 3.39. The molecule has 3 heterocycles. The van der Waals surface area contributed by atoms with Crippen LogP contribution in [-0.4, -0.2) is 34.2 Å². The minimum absolute atomic E-state index is 0.103. The number of benzene rings is 1. The molecule has 1 aliphatic heterocycles. The molecule has 138 valence electrons. The monoisotopic (exact) mass is 384 g/mol. The first-order chi connectivity index (χ1) is 13.2. The number of esters is 1. The molecule has 7 nitrogen and oxygen atoms in total. The van der Waals surface area contributed by atoms with Crippen LogP contribution in [0, 0.1) is 0 Å². The quantitative estimate of drug-likeness (QED) is 0.619. The first-order valence-electron chi connectivity index (χ1n) is 8.66. The second kappa shape index (κ2) is 7.75. The molecule has 0 atom stereocenters. The molecule has 0 saturated carbocycles. The minimum atomic E-state index is -0.462. The van der Waals surface area contributed by atoms with Gasteiger partial charge in [0.2, 0.25) is 5.89 Å². The molecule has 1 aliphatic rings. The van der Waals surface area contributed by atoms with Crippen LogP contribution in [-0.2, 0) is 11.3 Å². The van der Waals surface area contributed by atoms with Gasteiger partial charge in [0.05, 0.1) is 0 Å². The third kappa shape index (κ3) is 3.93. The largest absolute Gasteiger partial charge is 0.452 e. The summed E-state index contributed by atoms with van der Waals surface area (Å²) in [4.78, 5) is 19.0. The Hall–Kier alpha value is -2.93. The van der Waals surface area contributed by atoms with E-state index in [0.717, 1.165) is 31.5 Å². The van der Waals surface area contributed by atoms with E-state index in [1.807, 2.05) is 0 Å². The molecule has 4 rings (SSSR count). The number of nitrogens with zero attached hydrogens (tertiary/aromatic N) is 4. The Labute approximate surface area is 160 Å². The van der Waals surface area contributed by atoms with Crippen molar-refractivity contribution in [3.8, 4) is 11.5 Å². The molecule has 0 radical (unpaired) electrons. The van der Waals surface area contributed by atoms with Crippen molar-refractivity contribution in [2.75, 3.05) is 18.0 Å². The number of carbonyl (C=O) groups is 1. The molecule has 0 N–H and O–H groups in total. The first-order valence-corrected chi connectivity index (χ1v) is 9.04. The highest BCUT2D eigenvalue weighted by Gasteiger charge is 2.22. The zero-order valence-electron chi connectivity index (χ0n) is 14.5. The molecule has 3 aromatic rings. The second-order valence-electron chi connectivity index (χ2n) is 6.15. The number of carbonyl (C=O) groups excluding carboxylic acids is 1. The summed E-state index contributed by atoms with van der Waals surface area (Å²) in [6.07, 6.45) is 3.88. The third-order valence-electron chi connectivity index (χ3n) is 4.30. The van der Waals surface area contributed by atoms with E-state index in [9.17, 15) is 4.79 Å². The smallest absolute Gasteiger partial charge is 0.342 e. The molecule has 1 saturated heterocycles. The lowest BCUT2D eigenvalue weighted by Gasteiger charge is -2.18. The fraction of sp³-hybridized carbons (Fsp3) is 0.263. The van der Waals surface area contributed by atoms with Gasteiger partial charge in [-0.25, -0.2) is 9.78 Å². The van der Waals surface area contributed by atoms with Crippen molar-refractivity contribution in [2.45, 2.75) is 19.4 Å². The van der Waals surface area contributed by atoms with Gasteiger partial charge < -0.3 is 14.1 Å². The van der Waals surface area contributed by atoms with Gasteiger partial charge in [-0.3, -0.25) is 0 Å². The van der Waals surface area contributed by atoms with Crippen LogP contribution >= 0.6 is 11.6 Å². The summed E-state index contributed by atoms with van der Waals surface area (Å²) in [7, 11) is 0. The molecule has 0 amide bonds. The summed E-state index contributed by atoms with van der Waals surface area (Å²) in [5.74, 6) is 0.764. The summed E-state index contributed by atoms with van der Waals surface area (Å²) in [6, 6.07) is 10.5. The highest BCUT2D eigenvalue weighted by Crippen LogP contribution is 2.23. The molecule has 0 bridgehead atoms. The molecule has 1 aromatic carbocycles. The van der Waals surface area contributed by atoms with Crippen molar-refractivity contribution < 1.29 is 13.9 Å². The van der Waals surface area contributed by atoms with Gasteiger partial charge >= 0.3 is 5.97 Å². The zero-order chi connectivity index (χ0) is 18.6. The second-order valence-corrected chi connectivity index (χ2v) is 6.59. The van der Waals surface area contributed by atoms with Crippen LogP contribution in [0.3, 0.4) is 0 Å². The van der Waals surface area contributed by atoms with Crippen LogP contribution in [0.4, 0.5) is 5.82 Å². The van der Waals surface area contributed by atoms with Crippen LogP contribution in [0.5, 0.6) is 0 Å². The van der Waals surface area contributed by atoms with Gasteiger partial charge in [-0.05, 0) is 49.2 Å². The van der Waals surface area contributed by atoms with Gasteiger partial charge in [-0.15, -0.1) is 10.2 Å². The van der Waals surface area contributed by atoms with Gasteiger partial charge in [0, 0.05) is 29.9 Å². The van der Waals surface area contributed by atoms with Crippen LogP contribution < -0.4 is 4.90 Å². The Kier molecular flexibility index (Phi) is 5.02. The van der Waals surface area contributed by atoms with Crippen LogP contribution in [0.1, 0.15) is 29.1 Å². The summed E-state index contributed by atoms with van der Waals surface area (Å²) in [6.45, 7) is 1.69. The van der Waals surface area contributed by atoms with Crippen molar-refractivity contribution in [3.05, 3.63) is 59.1 Å². The lowest BCUT2D eigenvalue weighted by molar-refractivity contribution is 0.0439. The lowest BCUT2D eigenvalue weighted by atomic mass is 10.2. The third-order valence-corrected chi connectivity index (χ3v) is 4.55. The number of aromatic nitrogens is 3. The van der Waals surface area contributed by atoms with E-state index in [-0.39, 0.29) is 12.5 Å². The topological polar surface area (TPSA) is 81.3 Å². The Morgan fingerprint density at radius 2 is 1.93 bits per heavy atom. The predicted octanol–water partition coefficient (Wildman–Crippen LogP) is 3.74. The lowest BCUT2D eigenvalue weighted by Crippen LogP contribution is -2.22. The van der Waals surface area contributed by atoms with Crippen LogP contribution in [0.2, 0.25) is 5.02 Å². The SMILES string of the molecule is O=C(OCc1nnc(-c2ccc(Cl)cc2)o1)c1cccnc1N1CCCC1. The normalized spacial score (nSPS) is 13.7. The number of halogens is 1. The van der Waals surface area contributed by atoms with Crippen LogP contribution in [0.15, 0.2) is 47.0 Å². The van der Waals surface area contributed by atoms with Gasteiger partial charge in [0.1, 0.15) is 11.4 Å². The summed E-state index contributed by atoms with van der Waals surface area (Å²) in [5, 5.41) is 8.53. The molecule has 0 unspecified atom stereocenters. The van der Waals surface area contributed by atoms with Gasteiger partial charge in [-0.1, -0.05) is 11.6 Å². The number of anilines is 1. The van der Waals surface area contributed by atoms with Crippen molar-refractivity contribution in [1.29, 1.82) is 0 Å². The Morgan fingerprint density at radius 3 is 2.70 bits per heavy atom. The standard InChI is InChI=1S/C19H17ClN4O3/c20-14-7-5-13(6-8-14)18-23-22-16(27-18)12-26-19(25)15-4-3-9-21-17(15)24-10-1-2-11-24/h3-9H,1-2,10-12H2. The Morgan fingerprint density at radius 1 is 1.15 bits per heavy atom. The number of pyridine rings is 1. The van der Waals surface area contributed by atoms with Gasteiger partial charge in [0.15, 0.2) is 6.61 Å². The zero-order valence-corrected chi connectivity index (χ0v) is 15.2. The van der Waals surface area contributed by atoms with E-state index in [4.69, 9.17) is 20.8 Å². The molecule has 1 fully saturated rings. The number of hydrogen-bond donors (Lipinski definition) is 0. The molecular weight excluding hydrogens is 368 g/mol. The average molecular weight is 385 g/mol. The van der Waals surface area contributed by atoms with E-state index < -0.39 is 5.97 Å². The van der Waals surface area contributed by atoms with E-state index in [1.54, 1.807) is 42.6 Å². The molecular formula is C19H17ClN4O3. The highest BCUT2D eigenvalue weighted by molar-refractivity contribution is 6.30. The number of ether oxygens (including phenoxy) is 1. The molecule has 27 heavy (non-hydrogen) atoms. The maximum atomic E-state index is 12.5. The minimum Gasteiger partial charge on any atom is -0.452 e. The van der Waals surface area contributed by atoms with E-state index in [2.05, 4.69) is 20.1 Å². The predicted molar refractivity (Wildman–Crippen MR) is 99.5 cm³/mol. The fourth-order valence-electron chi connectivity index (χ4n) is 2.96. The van der Waals surface area contributed by atoms with E-state index in [0.29, 0.717) is 22.3 Å². The van der Waals surface area contributed by atoms with Crippen LogP contribution in [0.25, 0.3) is 11.5 Å². The Bertz CT molecular complexity index is 936. The maximum Gasteiger partial charge on any atom is 0.342 e. The number of rotatable bonds is 5. The highest BCUT2D eigenvalue weighted by atomic mass is 35.5. The summed E-state index contributed by atoms with van der Waals surface area (Å²) in [5.41, 5.74) is 1.19. The summed E-state index contributed by atoms with van der Waals surface area (Å²) < 4.78 is 10.9. The van der Waals surface area contributed by atoms with E-state index >= 15 is 0 Å². The van der Waals surface area contributed by atoms with Gasteiger partial charge in [-0.2, -0.15) is 0 Å².